The molecule has 18 heavy (non-hydrogen) atoms. The fraction of sp³-hybridized carbons (Fsp3) is 0.600. The van der Waals surface area contributed by atoms with Crippen molar-refractivity contribution >= 4 is 17.3 Å². The Bertz CT molecular complexity index is 431. The lowest BCUT2D eigenvalue weighted by Gasteiger charge is -2.44. The van der Waals surface area contributed by atoms with E-state index in [4.69, 9.17) is 11.6 Å². The number of aryl methyl sites for hydroxylation is 1. The van der Waals surface area contributed by atoms with E-state index in [1.807, 2.05) is 13.0 Å². The number of piperidine rings is 1. The van der Waals surface area contributed by atoms with Crippen molar-refractivity contribution in [3.63, 3.8) is 0 Å². The molecule has 1 saturated heterocycles. The van der Waals surface area contributed by atoms with Gasteiger partial charge in [0.2, 0.25) is 0 Å². The molecule has 1 aromatic carbocycles. The van der Waals surface area contributed by atoms with Crippen molar-refractivity contribution in [2.45, 2.75) is 27.2 Å². The molecule has 0 aliphatic carbocycles. The Morgan fingerprint density at radius 3 is 2.72 bits per heavy atom. The number of anilines is 1. The van der Waals surface area contributed by atoms with E-state index in [1.165, 1.54) is 5.69 Å². The lowest BCUT2D eigenvalue weighted by Crippen LogP contribution is -2.47. The summed E-state index contributed by atoms with van der Waals surface area (Å²) >= 11 is 6.19. The number of hydrogen-bond donors (Lipinski definition) is 1. The minimum absolute atomic E-state index is 0.143. The second-order valence-electron chi connectivity index (χ2n) is 6.01. The highest BCUT2D eigenvalue weighted by molar-refractivity contribution is 6.31. The van der Waals surface area contributed by atoms with Gasteiger partial charge in [0.1, 0.15) is 0 Å². The normalized spacial score (nSPS) is 23.2. The molecular formula is C15H22ClNO. The van der Waals surface area contributed by atoms with Gasteiger partial charge in [0.05, 0.1) is 0 Å². The lowest BCUT2D eigenvalue weighted by atomic mass is 9.74. The quantitative estimate of drug-likeness (QED) is 0.887. The Balaban J connectivity index is 2.18. The summed E-state index contributed by atoms with van der Waals surface area (Å²) < 4.78 is 0. The van der Waals surface area contributed by atoms with Crippen molar-refractivity contribution in [1.82, 2.24) is 0 Å². The topological polar surface area (TPSA) is 23.5 Å². The van der Waals surface area contributed by atoms with Gasteiger partial charge in [0.25, 0.3) is 0 Å². The number of nitrogens with zero attached hydrogens (tertiary/aromatic N) is 1. The molecule has 0 amide bonds. The molecule has 2 rings (SSSR count). The first-order chi connectivity index (χ1) is 8.44. The van der Waals surface area contributed by atoms with Crippen molar-refractivity contribution in [3.05, 3.63) is 28.8 Å². The minimum Gasteiger partial charge on any atom is -0.396 e. The molecule has 0 spiro atoms. The highest BCUT2D eigenvalue weighted by Crippen LogP contribution is 2.37. The van der Waals surface area contributed by atoms with Crippen LogP contribution in [0.15, 0.2) is 18.2 Å². The zero-order valence-electron chi connectivity index (χ0n) is 11.4. The van der Waals surface area contributed by atoms with Crippen LogP contribution in [-0.2, 0) is 0 Å². The van der Waals surface area contributed by atoms with E-state index >= 15 is 0 Å². The molecule has 3 heteroatoms. The van der Waals surface area contributed by atoms with Gasteiger partial charge < -0.3 is 10.0 Å². The molecule has 1 aromatic rings. The Morgan fingerprint density at radius 1 is 1.44 bits per heavy atom. The zero-order valence-corrected chi connectivity index (χ0v) is 12.2. The van der Waals surface area contributed by atoms with Crippen molar-refractivity contribution in [3.8, 4) is 0 Å². The Morgan fingerprint density at radius 2 is 2.17 bits per heavy atom. The molecule has 0 aromatic heterocycles. The van der Waals surface area contributed by atoms with Crippen LogP contribution in [0.5, 0.6) is 0 Å². The Hall–Kier alpha value is -0.730. The highest BCUT2D eigenvalue weighted by atomic mass is 35.5. The van der Waals surface area contributed by atoms with Crippen LogP contribution in [-0.4, -0.2) is 24.8 Å². The maximum absolute atomic E-state index is 9.42. The molecule has 0 bridgehead atoms. The van der Waals surface area contributed by atoms with Crippen LogP contribution in [0, 0.1) is 18.3 Å². The van der Waals surface area contributed by atoms with Crippen LogP contribution in [0.3, 0.4) is 0 Å². The standard InChI is InChI=1S/C15H22ClNO/c1-11-4-5-13(8-14(11)16)17-7-6-12(9-18)15(2,3)10-17/h4-5,8,12,18H,6-7,9-10H2,1-3H3. The van der Waals surface area contributed by atoms with Gasteiger partial charge >= 0.3 is 0 Å². The second-order valence-corrected chi connectivity index (χ2v) is 6.42. The maximum atomic E-state index is 9.42. The number of hydrogen-bond acceptors (Lipinski definition) is 2. The Labute approximate surface area is 115 Å². The molecular weight excluding hydrogens is 246 g/mol. The molecule has 100 valence electrons. The van der Waals surface area contributed by atoms with Gasteiger partial charge in [0, 0.05) is 30.4 Å². The van der Waals surface area contributed by atoms with Gasteiger partial charge in [-0.05, 0) is 42.4 Å². The van der Waals surface area contributed by atoms with Crippen LogP contribution < -0.4 is 4.90 Å². The number of halogens is 1. The average molecular weight is 268 g/mol. The third-order valence-corrected chi connectivity index (χ3v) is 4.60. The highest BCUT2D eigenvalue weighted by Gasteiger charge is 2.35. The van der Waals surface area contributed by atoms with E-state index < -0.39 is 0 Å². The molecule has 0 saturated carbocycles. The third-order valence-electron chi connectivity index (χ3n) is 4.19. The first kappa shape index (κ1) is 13.7. The first-order valence-electron chi connectivity index (χ1n) is 6.56. The van der Waals surface area contributed by atoms with Gasteiger partial charge in [-0.2, -0.15) is 0 Å². The van der Waals surface area contributed by atoms with Crippen LogP contribution >= 0.6 is 11.6 Å². The first-order valence-corrected chi connectivity index (χ1v) is 6.94. The summed E-state index contributed by atoms with van der Waals surface area (Å²) in [6.07, 6.45) is 1.04. The van der Waals surface area contributed by atoms with Crippen molar-refractivity contribution < 1.29 is 5.11 Å². The van der Waals surface area contributed by atoms with E-state index in [0.29, 0.717) is 5.92 Å². The van der Waals surface area contributed by atoms with E-state index in [0.717, 1.165) is 30.1 Å². The maximum Gasteiger partial charge on any atom is 0.0465 e. The monoisotopic (exact) mass is 267 g/mol. The Kier molecular flexibility index (Phi) is 3.88. The van der Waals surface area contributed by atoms with Gasteiger partial charge in [-0.1, -0.05) is 31.5 Å². The minimum atomic E-state index is 0.143. The van der Waals surface area contributed by atoms with E-state index in [9.17, 15) is 5.11 Å². The van der Waals surface area contributed by atoms with Crippen LogP contribution in [0.1, 0.15) is 25.8 Å². The lowest BCUT2D eigenvalue weighted by molar-refractivity contribution is 0.0973. The summed E-state index contributed by atoms with van der Waals surface area (Å²) in [5, 5.41) is 10.3. The number of aliphatic hydroxyl groups excluding tert-OH is 1. The fourth-order valence-electron chi connectivity index (χ4n) is 2.74. The summed E-state index contributed by atoms with van der Waals surface area (Å²) in [6, 6.07) is 6.26. The summed E-state index contributed by atoms with van der Waals surface area (Å²) in [5.74, 6) is 0.398. The summed E-state index contributed by atoms with van der Waals surface area (Å²) in [4.78, 5) is 2.37. The molecule has 1 N–H and O–H groups in total. The molecule has 0 radical (unpaired) electrons. The molecule has 1 fully saturated rings. The molecule has 1 aliphatic heterocycles. The second kappa shape index (κ2) is 5.10. The SMILES string of the molecule is Cc1ccc(N2CCC(CO)C(C)(C)C2)cc1Cl. The van der Waals surface area contributed by atoms with Crippen LogP contribution in [0.4, 0.5) is 5.69 Å². The van der Waals surface area contributed by atoms with Crippen molar-refractivity contribution in [2.75, 3.05) is 24.6 Å². The van der Waals surface area contributed by atoms with Gasteiger partial charge in [0.15, 0.2) is 0 Å². The van der Waals surface area contributed by atoms with Crippen molar-refractivity contribution in [1.29, 1.82) is 0 Å². The van der Waals surface area contributed by atoms with Crippen molar-refractivity contribution in [2.24, 2.45) is 11.3 Å². The zero-order chi connectivity index (χ0) is 13.3. The van der Waals surface area contributed by atoms with Gasteiger partial charge in [-0.3, -0.25) is 0 Å². The van der Waals surface area contributed by atoms with Gasteiger partial charge in [-0.15, -0.1) is 0 Å². The number of benzene rings is 1. The largest absolute Gasteiger partial charge is 0.396 e. The predicted octanol–water partition coefficient (Wildman–Crippen LogP) is 3.49. The fourth-order valence-corrected chi connectivity index (χ4v) is 2.91. The van der Waals surface area contributed by atoms with E-state index in [2.05, 4.69) is 30.9 Å². The molecule has 1 heterocycles. The average Bonchev–Trinajstić information content (AvgIpc) is 2.31. The number of aliphatic hydroxyl groups is 1. The molecule has 1 atom stereocenters. The summed E-state index contributed by atoms with van der Waals surface area (Å²) in [5.41, 5.74) is 2.45. The van der Waals surface area contributed by atoms with Crippen LogP contribution in [0.25, 0.3) is 0 Å². The number of rotatable bonds is 2. The van der Waals surface area contributed by atoms with E-state index in [-0.39, 0.29) is 12.0 Å². The van der Waals surface area contributed by atoms with Gasteiger partial charge in [-0.25, -0.2) is 0 Å². The smallest absolute Gasteiger partial charge is 0.0465 e. The predicted molar refractivity (Wildman–Crippen MR) is 77.4 cm³/mol. The van der Waals surface area contributed by atoms with E-state index in [1.54, 1.807) is 0 Å². The molecule has 1 unspecified atom stereocenters. The molecule has 2 nitrogen and oxygen atoms in total. The summed E-state index contributed by atoms with van der Waals surface area (Å²) in [6.45, 7) is 8.74. The summed E-state index contributed by atoms with van der Waals surface area (Å²) in [7, 11) is 0. The van der Waals surface area contributed by atoms with Crippen LogP contribution in [0.2, 0.25) is 5.02 Å². The molecule has 1 aliphatic rings. The third kappa shape index (κ3) is 2.65.